The summed E-state index contributed by atoms with van der Waals surface area (Å²) < 4.78 is 0. The molecule has 0 fully saturated rings. The van der Waals surface area contributed by atoms with Crippen LogP contribution in [0, 0.1) is 13.8 Å². The fraction of sp³-hybridized carbons (Fsp3) is 0.238. The molecule has 1 N–H and O–H groups in total. The Morgan fingerprint density at radius 2 is 1.70 bits per heavy atom. The molecule has 0 unspecified atom stereocenters. The molecule has 1 aromatic carbocycles. The topological polar surface area (TPSA) is 71.0 Å². The zero-order chi connectivity index (χ0) is 19.2. The first-order valence-electron chi connectivity index (χ1n) is 8.86. The molecule has 0 atom stereocenters. The van der Waals surface area contributed by atoms with Gasteiger partial charge in [0.2, 0.25) is 0 Å². The van der Waals surface area contributed by atoms with E-state index >= 15 is 0 Å². The van der Waals surface area contributed by atoms with E-state index in [1.165, 1.54) is 0 Å². The predicted molar refractivity (Wildman–Crippen MR) is 106 cm³/mol. The van der Waals surface area contributed by atoms with Crippen LogP contribution in [0.25, 0.3) is 0 Å². The van der Waals surface area contributed by atoms with Crippen molar-refractivity contribution in [2.45, 2.75) is 20.3 Å². The molecule has 138 valence electrons. The van der Waals surface area contributed by atoms with E-state index in [0.717, 1.165) is 28.8 Å². The van der Waals surface area contributed by atoms with E-state index in [2.05, 4.69) is 20.5 Å². The molecule has 0 saturated carbocycles. The summed E-state index contributed by atoms with van der Waals surface area (Å²) in [5, 5.41) is 11.5. The second-order valence-electron chi connectivity index (χ2n) is 6.53. The second kappa shape index (κ2) is 8.40. The number of anilines is 2. The highest BCUT2D eigenvalue weighted by atomic mass is 16.2. The number of aryl methyl sites for hydroxylation is 2. The summed E-state index contributed by atoms with van der Waals surface area (Å²) in [4.78, 5) is 18.2. The van der Waals surface area contributed by atoms with Gasteiger partial charge in [-0.2, -0.15) is 0 Å². The number of nitrogens with zero attached hydrogens (tertiary/aromatic N) is 4. The van der Waals surface area contributed by atoms with Crippen LogP contribution in [0.1, 0.15) is 27.2 Å². The minimum absolute atomic E-state index is 0.143. The van der Waals surface area contributed by atoms with Gasteiger partial charge in [-0.25, -0.2) is 0 Å². The Morgan fingerprint density at radius 1 is 1.00 bits per heavy atom. The smallest absolute Gasteiger partial charge is 0.274 e. The normalized spacial score (nSPS) is 10.5. The van der Waals surface area contributed by atoms with E-state index in [1.807, 2.05) is 44.2 Å². The molecule has 0 spiro atoms. The molecule has 0 saturated heterocycles. The maximum Gasteiger partial charge on any atom is 0.274 e. The number of hydrogen-bond acceptors (Lipinski definition) is 5. The number of amides is 1. The summed E-state index contributed by atoms with van der Waals surface area (Å²) in [5.74, 6) is 0.471. The summed E-state index contributed by atoms with van der Waals surface area (Å²) in [6.45, 7) is 4.68. The molecular weight excluding hydrogens is 338 g/mol. The van der Waals surface area contributed by atoms with Gasteiger partial charge in [-0.1, -0.05) is 18.2 Å². The van der Waals surface area contributed by atoms with Gasteiger partial charge in [0.25, 0.3) is 5.91 Å². The molecule has 3 aromatic rings. The molecule has 2 heterocycles. The molecule has 0 aliphatic heterocycles. The number of hydrogen-bond donors (Lipinski definition) is 1. The summed E-state index contributed by atoms with van der Waals surface area (Å²) in [7, 11) is 1.77. The second-order valence-corrected chi connectivity index (χ2v) is 6.53. The first-order valence-corrected chi connectivity index (χ1v) is 8.86. The third-order valence-electron chi connectivity index (χ3n) is 4.45. The van der Waals surface area contributed by atoms with Gasteiger partial charge in [0.1, 0.15) is 0 Å². The van der Waals surface area contributed by atoms with Gasteiger partial charge < -0.3 is 10.2 Å². The maximum atomic E-state index is 12.5. The summed E-state index contributed by atoms with van der Waals surface area (Å²) in [5.41, 5.74) is 4.75. The molecule has 6 nitrogen and oxygen atoms in total. The van der Waals surface area contributed by atoms with Gasteiger partial charge in [0.05, 0.1) is 0 Å². The van der Waals surface area contributed by atoms with Gasteiger partial charge in [-0.05, 0) is 61.2 Å². The third kappa shape index (κ3) is 4.67. The van der Waals surface area contributed by atoms with Crippen LogP contribution in [0.3, 0.4) is 0 Å². The average Bonchev–Trinajstić information content (AvgIpc) is 2.70. The van der Waals surface area contributed by atoms with Crippen molar-refractivity contribution >= 4 is 17.4 Å². The van der Waals surface area contributed by atoms with E-state index < -0.39 is 0 Å². The highest BCUT2D eigenvalue weighted by Gasteiger charge is 2.14. The number of likely N-dealkylation sites (N-methyl/N-ethyl adjacent to an activating group) is 1. The van der Waals surface area contributed by atoms with E-state index in [1.54, 1.807) is 36.5 Å². The van der Waals surface area contributed by atoms with Crippen LogP contribution in [0.5, 0.6) is 0 Å². The van der Waals surface area contributed by atoms with Crippen molar-refractivity contribution in [2.75, 3.05) is 18.9 Å². The lowest BCUT2D eigenvalue weighted by atomic mass is 10.1. The highest BCUT2D eigenvalue weighted by Crippen LogP contribution is 2.22. The predicted octanol–water partition coefficient (Wildman–Crippen LogP) is 3.55. The van der Waals surface area contributed by atoms with Crippen molar-refractivity contribution in [3.8, 4) is 0 Å². The molecule has 0 aliphatic rings. The van der Waals surface area contributed by atoms with Crippen LogP contribution in [-0.4, -0.2) is 39.6 Å². The molecule has 0 bridgehead atoms. The van der Waals surface area contributed by atoms with Crippen molar-refractivity contribution in [3.05, 3.63) is 77.2 Å². The minimum atomic E-state index is -0.143. The Hall–Kier alpha value is -3.28. The number of carbonyl (C=O) groups excluding carboxylic acids is 1. The number of nitrogens with one attached hydrogen (secondary N) is 1. The van der Waals surface area contributed by atoms with Crippen molar-refractivity contribution in [1.29, 1.82) is 0 Å². The van der Waals surface area contributed by atoms with E-state index in [-0.39, 0.29) is 5.91 Å². The van der Waals surface area contributed by atoms with Gasteiger partial charge in [0, 0.05) is 31.7 Å². The van der Waals surface area contributed by atoms with E-state index in [0.29, 0.717) is 18.1 Å². The lowest BCUT2D eigenvalue weighted by Gasteiger charge is -2.16. The van der Waals surface area contributed by atoms with Crippen LogP contribution in [-0.2, 0) is 6.42 Å². The van der Waals surface area contributed by atoms with Gasteiger partial charge in [-0.3, -0.25) is 9.78 Å². The number of aromatic nitrogens is 3. The lowest BCUT2D eigenvalue weighted by Crippen LogP contribution is -2.29. The van der Waals surface area contributed by atoms with Crippen molar-refractivity contribution in [1.82, 2.24) is 20.1 Å². The number of pyridine rings is 1. The number of carbonyl (C=O) groups is 1. The zero-order valence-electron chi connectivity index (χ0n) is 15.8. The monoisotopic (exact) mass is 361 g/mol. The summed E-state index contributed by atoms with van der Waals surface area (Å²) in [6, 6.07) is 13.5. The molecule has 1 amide bonds. The standard InChI is InChI=1S/C21H23N5O/c1-15-5-4-6-16(2)20(15)23-19-8-7-18(24-25-19)21(27)26(3)14-11-17-9-12-22-13-10-17/h4-10,12-13H,11,14H2,1-3H3,(H,23,25). The molecule has 6 heteroatoms. The van der Waals surface area contributed by atoms with Crippen molar-refractivity contribution < 1.29 is 4.79 Å². The fourth-order valence-corrected chi connectivity index (χ4v) is 2.80. The van der Waals surface area contributed by atoms with E-state index in [4.69, 9.17) is 0 Å². The number of rotatable bonds is 6. The van der Waals surface area contributed by atoms with Crippen LogP contribution in [0.2, 0.25) is 0 Å². The first kappa shape index (κ1) is 18.5. The van der Waals surface area contributed by atoms with Crippen LogP contribution in [0.4, 0.5) is 11.5 Å². The summed E-state index contributed by atoms with van der Waals surface area (Å²) >= 11 is 0. The van der Waals surface area contributed by atoms with E-state index in [9.17, 15) is 4.79 Å². The Balaban J connectivity index is 1.63. The quantitative estimate of drug-likeness (QED) is 0.727. The summed E-state index contributed by atoms with van der Waals surface area (Å²) in [6.07, 6.45) is 4.28. The molecular formula is C21H23N5O. The molecule has 3 rings (SSSR count). The number of para-hydroxylation sites is 1. The van der Waals surface area contributed by atoms with Gasteiger partial charge in [0.15, 0.2) is 11.5 Å². The van der Waals surface area contributed by atoms with Gasteiger partial charge >= 0.3 is 0 Å². The minimum Gasteiger partial charge on any atom is -0.340 e. The SMILES string of the molecule is Cc1cccc(C)c1Nc1ccc(C(=O)N(C)CCc2ccncc2)nn1. The third-order valence-corrected chi connectivity index (χ3v) is 4.45. The van der Waals surface area contributed by atoms with Crippen LogP contribution < -0.4 is 5.32 Å². The van der Waals surface area contributed by atoms with Gasteiger partial charge in [-0.15, -0.1) is 10.2 Å². The highest BCUT2D eigenvalue weighted by molar-refractivity contribution is 5.92. The molecule has 0 aliphatic carbocycles. The Morgan fingerprint density at radius 3 is 2.33 bits per heavy atom. The van der Waals surface area contributed by atoms with Crippen molar-refractivity contribution in [2.24, 2.45) is 0 Å². The number of benzene rings is 1. The molecule has 27 heavy (non-hydrogen) atoms. The van der Waals surface area contributed by atoms with Crippen LogP contribution >= 0.6 is 0 Å². The average molecular weight is 361 g/mol. The van der Waals surface area contributed by atoms with Crippen LogP contribution in [0.15, 0.2) is 54.9 Å². The molecule has 0 radical (unpaired) electrons. The zero-order valence-corrected chi connectivity index (χ0v) is 15.8. The molecule has 2 aromatic heterocycles. The van der Waals surface area contributed by atoms with Crippen molar-refractivity contribution in [3.63, 3.8) is 0 Å². The Bertz CT molecular complexity index is 889. The maximum absolute atomic E-state index is 12.5. The Kier molecular flexibility index (Phi) is 5.76. The fourth-order valence-electron chi connectivity index (χ4n) is 2.80. The lowest BCUT2D eigenvalue weighted by molar-refractivity contribution is 0.0789. The first-order chi connectivity index (χ1) is 13.0. The largest absolute Gasteiger partial charge is 0.340 e. The Labute approximate surface area is 159 Å².